The average Bonchev–Trinajstić information content (AvgIpc) is 3.06. The van der Waals surface area contributed by atoms with Crippen LogP contribution in [0.5, 0.6) is 5.75 Å². The smallest absolute Gasteiger partial charge is 0.261 e. The molecule has 12 heteroatoms. The van der Waals surface area contributed by atoms with Gasteiger partial charge in [-0.15, -0.1) is 0 Å². The molecule has 1 heterocycles. The minimum absolute atomic E-state index is 0.0522. The van der Waals surface area contributed by atoms with E-state index >= 15 is 0 Å². The number of aliphatic hydroxyl groups is 1. The summed E-state index contributed by atoms with van der Waals surface area (Å²) < 4.78 is 54.7. The lowest BCUT2D eigenvalue weighted by Crippen LogP contribution is -2.48. The van der Waals surface area contributed by atoms with E-state index in [1.54, 1.807) is 24.9 Å². The summed E-state index contributed by atoms with van der Waals surface area (Å²) in [6.07, 6.45) is 1.85. The number of halogens is 1. The van der Waals surface area contributed by atoms with Crippen molar-refractivity contribution < 1.29 is 37.0 Å². The fraction of sp³-hybridized carbons (Fsp3) is 0.444. The number of benzene rings is 3. The van der Waals surface area contributed by atoms with Gasteiger partial charge in [0.15, 0.2) is 0 Å². The maximum atomic E-state index is 14.3. The summed E-state index contributed by atoms with van der Waals surface area (Å²) in [5, 5.41) is 10.2. The van der Waals surface area contributed by atoms with Crippen molar-refractivity contribution >= 4 is 27.5 Å². The van der Waals surface area contributed by atoms with Crippen molar-refractivity contribution in [1.29, 1.82) is 0 Å². The van der Waals surface area contributed by atoms with Crippen LogP contribution >= 0.6 is 0 Å². The molecule has 2 N–H and O–H groups in total. The molecule has 48 heavy (non-hydrogen) atoms. The normalized spacial score (nSPS) is 20.2. The summed E-state index contributed by atoms with van der Waals surface area (Å²) >= 11 is 0. The Morgan fingerprint density at radius 1 is 1.08 bits per heavy atom. The number of likely N-dealkylation sites (N-methyl/N-ethyl adjacent to an activating group) is 1. The van der Waals surface area contributed by atoms with Crippen molar-refractivity contribution in [3.8, 4) is 5.75 Å². The molecule has 1 aliphatic rings. The molecular formula is C36H46FN3O7S. The standard InChI is InChI=1S/C36H46FN3O7S/c1-25-22-40(26(2)24-41)36(43)32-21-30(38-48(44,45)31-16-13-29(37)14-17-31)15-18-33(32)47-27(3)10-8-9-19-46-34(25)23-39(4)35(42)20-28-11-6-5-7-12-28/h5-7,11-18,21,25-27,34,38,41H,8-10,19-20,22-24H2,1-4H3/t25-,26-,27+,34+/m0/s1. The zero-order valence-electron chi connectivity index (χ0n) is 28.0. The Labute approximate surface area is 282 Å². The molecule has 0 saturated heterocycles. The predicted molar refractivity (Wildman–Crippen MR) is 182 cm³/mol. The number of nitrogens with zero attached hydrogens (tertiary/aromatic N) is 2. The minimum Gasteiger partial charge on any atom is -0.490 e. The van der Waals surface area contributed by atoms with Crippen LogP contribution in [0.15, 0.2) is 77.7 Å². The molecule has 3 aromatic rings. The number of hydrogen-bond acceptors (Lipinski definition) is 7. The van der Waals surface area contributed by atoms with Crippen molar-refractivity contribution in [3.63, 3.8) is 0 Å². The third kappa shape index (κ3) is 10.0. The summed E-state index contributed by atoms with van der Waals surface area (Å²) in [5.41, 5.74) is 1.16. The highest BCUT2D eigenvalue weighted by atomic mass is 32.2. The number of nitrogens with one attached hydrogen (secondary N) is 1. The second-order valence-electron chi connectivity index (χ2n) is 12.5. The van der Waals surface area contributed by atoms with Gasteiger partial charge in [0.2, 0.25) is 5.91 Å². The van der Waals surface area contributed by atoms with E-state index < -0.39 is 33.9 Å². The van der Waals surface area contributed by atoms with Gasteiger partial charge in [-0.25, -0.2) is 12.8 Å². The van der Waals surface area contributed by atoms with Crippen molar-refractivity contribution in [2.24, 2.45) is 5.92 Å². The number of carbonyl (C=O) groups is 2. The number of carbonyl (C=O) groups excluding carboxylic acids is 2. The van der Waals surface area contributed by atoms with Crippen molar-refractivity contribution in [2.45, 2.75) is 69.6 Å². The Hall–Kier alpha value is -4.00. The molecule has 0 radical (unpaired) electrons. The van der Waals surface area contributed by atoms with Gasteiger partial charge in [0, 0.05) is 38.3 Å². The first-order valence-corrected chi connectivity index (χ1v) is 17.8. The highest BCUT2D eigenvalue weighted by molar-refractivity contribution is 7.92. The highest BCUT2D eigenvalue weighted by Gasteiger charge is 2.31. The van der Waals surface area contributed by atoms with Crippen LogP contribution in [-0.4, -0.2) is 86.7 Å². The van der Waals surface area contributed by atoms with E-state index in [2.05, 4.69) is 4.72 Å². The van der Waals surface area contributed by atoms with Crippen molar-refractivity contribution in [3.05, 3.63) is 89.7 Å². The summed E-state index contributed by atoms with van der Waals surface area (Å²) in [4.78, 5) is 30.5. The van der Waals surface area contributed by atoms with Crippen LogP contribution in [0.2, 0.25) is 0 Å². The van der Waals surface area contributed by atoms with Crippen molar-refractivity contribution in [1.82, 2.24) is 9.80 Å². The summed E-state index contributed by atoms with van der Waals surface area (Å²) in [7, 11) is -2.35. The van der Waals surface area contributed by atoms with Crippen LogP contribution in [-0.2, 0) is 26.0 Å². The molecule has 10 nitrogen and oxygen atoms in total. The monoisotopic (exact) mass is 683 g/mol. The highest BCUT2D eigenvalue weighted by Crippen LogP contribution is 2.29. The molecular weight excluding hydrogens is 637 g/mol. The van der Waals surface area contributed by atoms with Crippen LogP contribution in [0.4, 0.5) is 10.1 Å². The zero-order chi connectivity index (χ0) is 34.8. The van der Waals surface area contributed by atoms with Gasteiger partial charge in [-0.3, -0.25) is 14.3 Å². The molecule has 0 saturated carbocycles. The van der Waals surface area contributed by atoms with E-state index in [0.717, 1.165) is 42.7 Å². The number of sulfonamides is 1. The molecule has 0 unspecified atom stereocenters. The Balaban J connectivity index is 1.63. The number of anilines is 1. The van der Waals surface area contributed by atoms with Crippen LogP contribution < -0.4 is 9.46 Å². The minimum atomic E-state index is -4.09. The molecule has 2 amide bonds. The van der Waals surface area contributed by atoms with Gasteiger partial charge in [-0.05, 0) is 81.1 Å². The Bertz CT molecular complexity index is 1620. The molecule has 0 spiro atoms. The number of fused-ring (bicyclic) bond motifs is 1. The Morgan fingerprint density at radius 3 is 2.48 bits per heavy atom. The maximum absolute atomic E-state index is 14.3. The topological polar surface area (TPSA) is 125 Å². The number of amides is 2. The number of ether oxygens (including phenoxy) is 2. The SMILES string of the molecule is C[C@@H]1CCCCO[C@H](CN(C)C(=O)Cc2ccccc2)[C@@H](C)CN([C@@H](C)CO)C(=O)c2cc(NS(=O)(=O)c3ccc(F)cc3)ccc2O1. The average molecular weight is 684 g/mol. The van der Waals surface area contributed by atoms with E-state index in [9.17, 15) is 27.5 Å². The quantitative estimate of drug-likeness (QED) is 0.321. The second-order valence-corrected chi connectivity index (χ2v) is 14.2. The van der Waals surface area contributed by atoms with Gasteiger partial charge >= 0.3 is 0 Å². The van der Waals surface area contributed by atoms with E-state index in [0.29, 0.717) is 19.6 Å². The molecule has 4 atom stereocenters. The zero-order valence-corrected chi connectivity index (χ0v) is 28.8. The maximum Gasteiger partial charge on any atom is 0.261 e. The van der Waals surface area contributed by atoms with Crippen LogP contribution in [0.3, 0.4) is 0 Å². The van der Waals surface area contributed by atoms with Gasteiger partial charge in [0.05, 0.1) is 41.7 Å². The number of hydrogen-bond donors (Lipinski definition) is 2. The van der Waals surface area contributed by atoms with Gasteiger partial charge in [-0.1, -0.05) is 37.3 Å². The Kier molecular flexibility index (Phi) is 13.0. The molecule has 0 aliphatic carbocycles. The predicted octanol–water partition coefficient (Wildman–Crippen LogP) is 5.12. The molecule has 1 aliphatic heterocycles. The summed E-state index contributed by atoms with van der Waals surface area (Å²) in [6, 6.07) is 17.8. The van der Waals surface area contributed by atoms with Crippen molar-refractivity contribution in [2.75, 3.05) is 38.1 Å². The summed E-state index contributed by atoms with van der Waals surface area (Å²) in [6.45, 7) is 6.23. The molecule has 260 valence electrons. The molecule has 3 aromatic carbocycles. The lowest BCUT2D eigenvalue weighted by atomic mass is 10.0. The van der Waals surface area contributed by atoms with E-state index in [4.69, 9.17) is 9.47 Å². The van der Waals surface area contributed by atoms with E-state index in [-0.39, 0.29) is 59.4 Å². The van der Waals surface area contributed by atoms with E-state index in [1.807, 2.05) is 44.2 Å². The van der Waals surface area contributed by atoms with E-state index in [1.165, 1.54) is 17.0 Å². The van der Waals surface area contributed by atoms with Crippen LogP contribution in [0.1, 0.15) is 56.0 Å². The Morgan fingerprint density at radius 2 is 1.79 bits per heavy atom. The summed E-state index contributed by atoms with van der Waals surface area (Å²) in [5.74, 6) is -1.04. The van der Waals surface area contributed by atoms with Gasteiger partial charge < -0.3 is 24.4 Å². The second kappa shape index (κ2) is 16.9. The molecule has 0 aromatic heterocycles. The third-order valence-corrected chi connectivity index (χ3v) is 9.90. The van der Waals surface area contributed by atoms with Gasteiger partial charge in [-0.2, -0.15) is 0 Å². The fourth-order valence-electron chi connectivity index (χ4n) is 5.55. The lowest BCUT2D eigenvalue weighted by Gasteiger charge is -2.36. The number of aliphatic hydroxyl groups excluding tert-OH is 1. The first-order valence-electron chi connectivity index (χ1n) is 16.3. The number of rotatable bonds is 9. The largest absolute Gasteiger partial charge is 0.490 e. The van der Waals surface area contributed by atoms with Gasteiger partial charge in [0.1, 0.15) is 11.6 Å². The first-order chi connectivity index (χ1) is 22.9. The molecule has 0 bridgehead atoms. The fourth-order valence-corrected chi connectivity index (χ4v) is 6.60. The lowest BCUT2D eigenvalue weighted by molar-refractivity contribution is -0.131. The van der Waals surface area contributed by atoms with Crippen LogP contribution in [0.25, 0.3) is 0 Å². The van der Waals surface area contributed by atoms with Gasteiger partial charge in [0.25, 0.3) is 15.9 Å². The molecule has 4 rings (SSSR count). The first kappa shape index (κ1) is 36.8. The third-order valence-electron chi connectivity index (χ3n) is 8.51. The van der Waals surface area contributed by atoms with Crippen LogP contribution in [0, 0.1) is 11.7 Å². The molecule has 0 fully saturated rings.